The quantitative estimate of drug-likeness (QED) is 0.798. The fraction of sp³-hybridized carbons (Fsp3) is 0.125. The van der Waals surface area contributed by atoms with Crippen LogP contribution in [0.1, 0.15) is 5.69 Å². The second-order valence-corrected chi connectivity index (χ2v) is 3.40. The molecule has 0 amide bonds. The molecule has 9 heteroatoms. The zero-order valence-electron chi connectivity index (χ0n) is 8.11. The van der Waals surface area contributed by atoms with Crippen molar-refractivity contribution in [2.24, 2.45) is 0 Å². The Labute approximate surface area is 98.0 Å². The molecule has 2 aromatic heterocycles. The van der Waals surface area contributed by atoms with E-state index in [4.69, 9.17) is 17.3 Å². The summed E-state index contributed by atoms with van der Waals surface area (Å²) in [7, 11) is 0. The summed E-state index contributed by atoms with van der Waals surface area (Å²) in [5.41, 5.74) is 4.46. The molecule has 0 fully saturated rings. The molecule has 0 spiro atoms. The third-order valence-corrected chi connectivity index (χ3v) is 2.21. The highest BCUT2D eigenvalue weighted by atomic mass is 35.5. The molecule has 0 radical (unpaired) electrons. The normalized spacial score (nSPS) is 11.8. The number of hydrogen-bond donors (Lipinski definition) is 1. The van der Waals surface area contributed by atoms with Crippen LogP contribution in [0.2, 0.25) is 5.15 Å². The maximum atomic E-state index is 12.3. The number of halogens is 4. The van der Waals surface area contributed by atoms with E-state index in [0.717, 1.165) is 23.3 Å². The van der Waals surface area contributed by atoms with Crippen molar-refractivity contribution in [1.29, 1.82) is 0 Å². The van der Waals surface area contributed by atoms with Crippen molar-refractivity contribution >= 4 is 17.3 Å². The predicted octanol–water partition coefficient (Wildman–Crippen LogP) is 1.92. The molecule has 0 saturated carbocycles. The molecule has 0 aliphatic rings. The zero-order valence-corrected chi connectivity index (χ0v) is 8.87. The highest BCUT2D eigenvalue weighted by Gasteiger charge is 2.33. The van der Waals surface area contributed by atoms with Crippen molar-refractivity contribution in [2.45, 2.75) is 6.18 Å². The molecule has 2 aromatic rings. The first-order chi connectivity index (χ1) is 7.89. The van der Waals surface area contributed by atoms with E-state index in [1.165, 1.54) is 0 Å². The first-order valence-electron chi connectivity index (χ1n) is 4.29. The molecular formula is C8H5ClF3N5. The number of nitrogens with two attached hydrogens (primary N) is 1. The average Bonchev–Trinajstić information content (AvgIpc) is 2.70. The van der Waals surface area contributed by atoms with Crippen molar-refractivity contribution in [1.82, 2.24) is 19.7 Å². The number of hydrogen-bond acceptors (Lipinski definition) is 4. The van der Waals surface area contributed by atoms with Crippen LogP contribution < -0.4 is 5.73 Å². The van der Waals surface area contributed by atoms with Gasteiger partial charge in [-0.1, -0.05) is 11.6 Å². The summed E-state index contributed by atoms with van der Waals surface area (Å²) >= 11 is 5.62. The lowest BCUT2D eigenvalue weighted by atomic mass is 10.4. The SMILES string of the molecule is Nc1c(Cl)ncnc1-n1ccc(C(F)(F)F)n1. The molecule has 0 saturated heterocycles. The number of anilines is 1. The summed E-state index contributed by atoms with van der Waals surface area (Å²) in [6, 6.07) is 0.815. The lowest BCUT2D eigenvalue weighted by Gasteiger charge is -2.05. The van der Waals surface area contributed by atoms with E-state index in [1.54, 1.807) is 0 Å². The summed E-state index contributed by atoms with van der Waals surface area (Å²) in [6.07, 6.45) is -2.34. The fourth-order valence-electron chi connectivity index (χ4n) is 1.14. The van der Waals surface area contributed by atoms with Crippen molar-refractivity contribution in [3.8, 4) is 5.82 Å². The smallest absolute Gasteiger partial charge is 0.393 e. The summed E-state index contributed by atoms with van der Waals surface area (Å²) in [6.45, 7) is 0. The topological polar surface area (TPSA) is 69.6 Å². The third kappa shape index (κ3) is 2.16. The number of rotatable bonds is 1. The van der Waals surface area contributed by atoms with Crippen LogP contribution in [0.5, 0.6) is 0 Å². The Balaban J connectivity index is 2.48. The maximum Gasteiger partial charge on any atom is 0.435 e. The minimum absolute atomic E-state index is 0.000463. The first-order valence-corrected chi connectivity index (χ1v) is 4.66. The van der Waals surface area contributed by atoms with Crippen molar-refractivity contribution < 1.29 is 13.2 Å². The van der Waals surface area contributed by atoms with Gasteiger partial charge in [0.1, 0.15) is 12.0 Å². The van der Waals surface area contributed by atoms with Gasteiger partial charge in [-0.25, -0.2) is 14.6 Å². The van der Waals surface area contributed by atoms with Gasteiger partial charge in [0, 0.05) is 6.20 Å². The molecule has 2 heterocycles. The van der Waals surface area contributed by atoms with Crippen LogP contribution in [0.25, 0.3) is 5.82 Å². The van der Waals surface area contributed by atoms with Crippen LogP contribution in [0.3, 0.4) is 0 Å². The average molecular weight is 264 g/mol. The minimum Gasteiger partial charge on any atom is -0.393 e. The second-order valence-electron chi connectivity index (χ2n) is 3.05. The highest BCUT2D eigenvalue weighted by molar-refractivity contribution is 6.32. The molecule has 0 unspecified atom stereocenters. The van der Waals surface area contributed by atoms with Crippen LogP contribution in [-0.4, -0.2) is 19.7 Å². The van der Waals surface area contributed by atoms with E-state index in [0.29, 0.717) is 0 Å². The van der Waals surface area contributed by atoms with Crippen molar-refractivity contribution in [3.63, 3.8) is 0 Å². The lowest BCUT2D eigenvalue weighted by Crippen LogP contribution is -2.09. The van der Waals surface area contributed by atoms with Crippen LogP contribution in [0.15, 0.2) is 18.6 Å². The van der Waals surface area contributed by atoms with Crippen molar-refractivity contribution in [3.05, 3.63) is 29.4 Å². The van der Waals surface area contributed by atoms with E-state index < -0.39 is 11.9 Å². The zero-order chi connectivity index (χ0) is 12.6. The summed E-state index contributed by atoms with van der Waals surface area (Å²) in [5, 5.41) is 3.27. The molecule has 2 N–H and O–H groups in total. The second kappa shape index (κ2) is 3.88. The molecule has 0 bridgehead atoms. The molecule has 0 aromatic carbocycles. The van der Waals surface area contributed by atoms with E-state index in [1.807, 2.05) is 0 Å². The molecule has 0 aliphatic carbocycles. The Morgan fingerprint density at radius 3 is 2.59 bits per heavy atom. The Kier molecular flexibility index (Phi) is 2.66. The molecule has 90 valence electrons. The summed E-state index contributed by atoms with van der Waals surface area (Å²) in [5.74, 6) is 0.000463. The van der Waals surface area contributed by atoms with E-state index >= 15 is 0 Å². The van der Waals surface area contributed by atoms with Crippen LogP contribution in [0, 0.1) is 0 Å². The van der Waals surface area contributed by atoms with Gasteiger partial charge < -0.3 is 5.73 Å². The Morgan fingerprint density at radius 1 is 1.29 bits per heavy atom. The van der Waals surface area contributed by atoms with Gasteiger partial charge in [0.2, 0.25) is 0 Å². The van der Waals surface area contributed by atoms with E-state index in [9.17, 15) is 13.2 Å². The van der Waals surface area contributed by atoms with Gasteiger partial charge in [-0.3, -0.25) is 0 Å². The fourth-order valence-corrected chi connectivity index (χ4v) is 1.27. The Morgan fingerprint density at radius 2 is 2.00 bits per heavy atom. The molecule has 17 heavy (non-hydrogen) atoms. The molecule has 0 aliphatic heterocycles. The van der Waals surface area contributed by atoms with Gasteiger partial charge in [-0.05, 0) is 6.07 Å². The maximum absolute atomic E-state index is 12.3. The predicted molar refractivity (Wildman–Crippen MR) is 53.6 cm³/mol. The lowest BCUT2D eigenvalue weighted by molar-refractivity contribution is -0.141. The van der Waals surface area contributed by atoms with Crippen LogP contribution in [-0.2, 0) is 6.18 Å². The molecule has 0 atom stereocenters. The first kappa shape index (κ1) is 11.6. The van der Waals surface area contributed by atoms with Gasteiger partial charge in [0.05, 0.1) is 0 Å². The molecular weight excluding hydrogens is 259 g/mol. The number of nitrogen functional groups attached to an aromatic ring is 1. The van der Waals surface area contributed by atoms with Gasteiger partial charge in [0.25, 0.3) is 0 Å². The number of aromatic nitrogens is 4. The largest absolute Gasteiger partial charge is 0.435 e. The summed E-state index contributed by atoms with van der Waals surface area (Å²) < 4.78 is 37.9. The van der Waals surface area contributed by atoms with Crippen LogP contribution >= 0.6 is 11.6 Å². The van der Waals surface area contributed by atoms with Gasteiger partial charge >= 0.3 is 6.18 Å². The minimum atomic E-state index is -4.52. The number of nitrogens with zero attached hydrogens (tertiary/aromatic N) is 4. The van der Waals surface area contributed by atoms with Crippen molar-refractivity contribution in [2.75, 3.05) is 5.73 Å². The molecule has 5 nitrogen and oxygen atoms in total. The monoisotopic (exact) mass is 263 g/mol. The molecule has 2 rings (SSSR count). The van der Waals surface area contributed by atoms with E-state index in [2.05, 4.69) is 15.1 Å². The van der Waals surface area contributed by atoms with Gasteiger partial charge in [-0.2, -0.15) is 18.3 Å². The number of alkyl halides is 3. The Hall–Kier alpha value is -1.83. The van der Waals surface area contributed by atoms with E-state index in [-0.39, 0.29) is 16.7 Å². The standard InChI is InChI=1S/C8H5ClF3N5/c9-6-5(13)7(15-3-14-6)17-2-1-4(16-17)8(10,11)12/h1-3H,13H2. The van der Waals surface area contributed by atoms with Crippen LogP contribution in [0.4, 0.5) is 18.9 Å². The van der Waals surface area contributed by atoms with Gasteiger partial charge in [0.15, 0.2) is 16.7 Å². The van der Waals surface area contributed by atoms with Gasteiger partial charge in [-0.15, -0.1) is 0 Å². The summed E-state index contributed by atoms with van der Waals surface area (Å²) in [4.78, 5) is 7.30. The highest BCUT2D eigenvalue weighted by Crippen LogP contribution is 2.28. The third-order valence-electron chi connectivity index (χ3n) is 1.91. The Bertz CT molecular complexity index is 550.